The summed E-state index contributed by atoms with van der Waals surface area (Å²) in [7, 11) is 1.43. The van der Waals surface area contributed by atoms with Gasteiger partial charge >= 0.3 is 11.8 Å². The third kappa shape index (κ3) is 9.60. The molecule has 1 saturated carbocycles. The predicted octanol–water partition coefficient (Wildman–Crippen LogP) is 4.94. The Morgan fingerprint density at radius 1 is 0.906 bits per heavy atom. The highest BCUT2D eigenvalue weighted by Gasteiger charge is 2.52. The lowest BCUT2D eigenvalue weighted by Crippen LogP contribution is -2.49. The fraction of sp³-hybridized carbons (Fsp3) is 0.583. The number of Topliss-reactive ketones (excluding diaryl/α,β-unsaturated/α-hetero) is 3. The average molecular weight is 889 g/mol. The minimum absolute atomic E-state index is 0.00406. The van der Waals surface area contributed by atoms with Crippen LogP contribution in [-0.4, -0.2) is 130 Å². The molecule has 0 aromatic heterocycles. The predicted molar refractivity (Wildman–Crippen MR) is 237 cm³/mol. The smallest absolute Gasteiger partial charge is 0.312 e. The number of allylic oxidation sites excluding steroid dienone is 4. The van der Waals surface area contributed by atoms with Gasteiger partial charge in [-0.25, -0.2) is 0 Å². The average Bonchev–Trinajstić information content (AvgIpc) is 3.54. The lowest BCUT2D eigenvalue weighted by atomic mass is 9.78. The number of methoxy groups -OCH3 is 1. The quantitative estimate of drug-likeness (QED) is 0.228. The number of phenols is 1. The number of hydrogen-bond acceptors (Lipinski definition) is 15. The van der Waals surface area contributed by atoms with Crippen LogP contribution >= 0.6 is 0 Å². The van der Waals surface area contributed by atoms with Crippen LogP contribution in [0.3, 0.4) is 0 Å². The molecule has 1 aromatic rings. The number of hydrogen-bond donors (Lipinski definition) is 4. The van der Waals surface area contributed by atoms with Gasteiger partial charge < -0.3 is 39.6 Å². The third-order valence-corrected chi connectivity index (χ3v) is 13.7. The number of aromatic hydroxyl groups is 1. The molecule has 2 fully saturated rings. The molecule has 348 valence electrons. The van der Waals surface area contributed by atoms with Crippen molar-refractivity contribution in [3.63, 3.8) is 0 Å². The molecule has 1 aromatic carbocycles. The Balaban J connectivity index is 1.43. The summed E-state index contributed by atoms with van der Waals surface area (Å²) in [5.41, 5.74) is -1.73. The highest BCUT2D eigenvalue weighted by molar-refractivity contribution is 6.37. The highest BCUT2D eigenvalue weighted by Crippen LogP contribution is 2.48. The number of ether oxygens (including phenoxy) is 4. The third-order valence-electron chi connectivity index (χ3n) is 13.7. The number of nitrogens with zero attached hydrogens (tertiary/aromatic N) is 3. The number of rotatable bonds is 5. The van der Waals surface area contributed by atoms with Gasteiger partial charge in [0.1, 0.15) is 23.3 Å². The fourth-order valence-electron chi connectivity index (χ4n) is 9.62. The van der Waals surface area contributed by atoms with E-state index in [-0.39, 0.29) is 28.0 Å². The standard InChI is InChI=1S/C48H64N4O12/c1-25-14-13-15-26(2)47(60)50-38-33(24-49-52-21-19-51(20-22-52)32-16-11-10-12-17-32)42(57)35-36(43(38)58)41(56)30(6)45-37(35)46(59)48(8,64-45)62-23-18-34(61-9)27(3)44(63-31(7)53)29(5)40(55)28(4)39(25)54/h13-15,18,23-25,27-29,32,34,39-40,44,54-56H,10-12,16-17,19-22H2,1-9H3,(H,50,60)/b14-13+,23-18+,26-15-,49-24+/t25-,27+,28+,29+,34-,39-,40+,44+,48-/m0/s1. The number of piperazine rings is 1. The van der Waals surface area contributed by atoms with Crippen LogP contribution in [0, 0.1) is 30.6 Å². The molecule has 1 saturated heterocycles. The molecule has 4 aliphatic heterocycles. The number of amides is 1. The summed E-state index contributed by atoms with van der Waals surface area (Å²) in [5, 5.41) is 43.6. The van der Waals surface area contributed by atoms with Gasteiger partial charge in [0.05, 0.1) is 53.1 Å². The maximum Gasteiger partial charge on any atom is 0.312 e. The number of carbonyl (C=O) groups excluding carboxylic acids is 5. The van der Waals surface area contributed by atoms with E-state index in [2.05, 4.69) is 15.3 Å². The van der Waals surface area contributed by atoms with E-state index in [1.165, 1.54) is 78.7 Å². The van der Waals surface area contributed by atoms with E-state index in [1.54, 1.807) is 44.9 Å². The van der Waals surface area contributed by atoms with Gasteiger partial charge in [-0.3, -0.25) is 33.9 Å². The Labute approximate surface area is 375 Å². The van der Waals surface area contributed by atoms with E-state index < -0.39 is 106 Å². The van der Waals surface area contributed by atoms with Crippen molar-refractivity contribution in [2.24, 2.45) is 28.8 Å². The van der Waals surface area contributed by atoms with Gasteiger partial charge in [0, 0.05) is 88.0 Å². The minimum Gasteiger partial charge on any atom is -0.507 e. The van der Waals surface area contributed by atoms with Crippen molar-refractivity contribution < 1.29 is 58.2 Å². The summed E-state index contributed by atoms with van der Waals surface area (Å²) < 4.78 is 23.6. The maximum atomic E-state index is 14.8. The lowest BCUT2D eigenvalue weighted by molar-refractivity contribution is -0.160. The number of aliphatic hydroxyl groups is 2. The van der Waals surface area contributed by atoms with Crippen molar-refractivity contribution in [1.82, 2.24) is 15.2 Å². The van der Waals surface area contributed by atoms with Crippen LogP contribution in [0.4, 0.5) is 0 Å². The van der Waals surface area contributed by atoms with Gasteiger partial charge in [-0.1, -0.05) is 65.2 Å². The monoisotopic (exact) mass is 888 g/mol. The van der Waals surface area contributed by atoms with Crippen LogP contribution in [0.15, 0.2) is 52.5 Å². The summed E-state index contributed by atoms with van der Waals surface area (Å²) in [5.74, 6) is -9.28. The number of benzene rings is 1. The van der Waals surface area contributed by atoms with Gasteiger partial charge in [-0.2, -0.15) is 5.10 Å². The SMILES string of the molecule is CO[C@H]1/C=C/O[C@@]2(C)Oc3c(C)c(O)c4c(c3C2=O)C(=O)C(/C=N/N2CCN(C3CCCCC3)CC2)=C(NC(=O)/C(C)=C\C=C\[C@H](C)[C@H](O)[C@@H](C)[C@@H](O)[C@@H](C)[C@H](OC(C)=O)[C@@H]1C)C4=O. The zero-order chi connectivity index (χ0) is 46.8. The number of fused-ring (bicyclic) bond motifs is 14. The van der Waals surface area contributed by atoms with Gasteiger partial charge in [-0.15, -0.1) is 0 Å². The molecule has 9 atom stereocenters. The Morgan fingerprint density at radius 3 is 2.22 bits per heavy atom. The van der Waals surface area contributed by atoms with Gasteiger partial charge in [-0.05, 0) is 32.8 Å². The maximum absolute atomic E-state index is 14.8. The lowest BCUT2D eigenvalue weighted by Gasteiger charge is -2.39. The number of hydrazone groups is 1. The van der Waals surface area contributed by atoms with Crippen molar-refractivity contribution in [2.45, 2.75) is 124 Å². The minimum atomic E-state index is -2.09. The van der Waals surface area contributed by atoms with E-state index in [9.17, 15) is 39.3 Å². The van der Waals surface area contributed by atoms with Gasteiger partial charge in [0.15, 0.2) is 5.78 Å². The van der Waals surface area contributed by atoms with Gasteiger partial charge in [0.25, 0.3) is 11.7 Å². The second-order valence-corrected chi connectivity index (χ2v) is 18.1. The second kappa shape index (κ2) is 19.9. The van der Waals surface area contributed by atoms with E-state index in [0.29, 0.717) is 19.1 Å². The molecule has 1 amide bonds. The van der Waals surface area contributed by atoms with Crippen molar-refractivity contribution in [2.75, 3.05) is 33.3 Å². The van der Waals surface area contributed by atoms with Crippen molar-refractivity contribution in [1.29, 1.82) is 0 Å². The number of nitrogens with one attached hydrogen (secondary N) is 1. The van der Waals surface area contributed by atoms with Crippen molar-refractivity contribution >= 4 is 35.4 Å². The highest BCUT2D eigenvalue weighted by atomic mass is 16.7. The molecule has 0 radical (unpaired) electrons. The van der Waals surface area contributed by atoms with Crippen LogP contribution in [0.1, 0.15) is 117 Å². The molecule has 7 rings (SSSR count). The molecule has 16 heteroatoms. The Morgan fingerprint density at radius 2 is 1.58 bits per heavy atom. The second-order valence-electron chi connectivity index (χ2n) is 18.1. The summed E-state index contributed by atoms with van der Waals surface area (Å²) in [4.78, 5) is 72.6. The molecule has 4 heterocycles. The fourth-order valence-corrected chi connectivity index (χ4v) is 9.62. The Hall–Kier alpha value is -5.16. The van der Waals surface area contributed by atoms with Crippen LogP contribution in [0.2, 0.25) is 0 Å². The number of ketones is 3. The molecule has 16 nitrogen and oxygen atoms in total. The molecule has 0 unspecified atom stereocenters. The first kappa shape index (κ1) is 48.3. The molecule has 2 aliphatic carbocycles. The van der Waals surface area contributed by atoms with E-state index in [1.807, 2.05) is 0 Å². The van der Waals surface area contributed by atoms with Crippen LogP contribution in [0.5, 0.6) is 11.5 Å². The first-order valence-electron chi connectivity index (χ1n) is 22.4. The summed E-state index contributed by atoms with van der Waals surface area (Å²) in [6.45, 7) is 15.1. The topological polar surface area (TPSA) is 214 Å². The Bertz CT molecular complexity index is 2160. The van der Waals surface area contributed by atoms with Crippen molar-refractivity contribution in [3.05, 3.63) is 69.7 Å². The summed E-state index contributed by atoms with van der Waals surface area (Å²) in [6, 6.07) is 0.525. The molecule has 64 heavy (non-hydrogen) atoms. The van der Waals surface area contributed by atoms with E-state index in [4.69, 9.17) is 18.9 Å². The summed E-state index contributed by atoms with van der Waals surface area (Å²) in [6.07, 6.45) is 10.7. The number of esters is 1. The Kier molecular flexibility index (Phi) is 15.0. The normalized spacial score (nSPS) is 33.4. The van der Waals surface area contributed by atoms with Crippen LogP contribution < -0.4 is 10.1 Å². The molecule has 4 N–H and O–H groups in total. The largest absolute Gasteiger partial charge is 0.507 e. The van der Waals surface area contributed by atoms with Crippen molar-refractivity contribution in [3.8, 4) is 11.5 Å². The first-order valence-corrected chi connectivity index (χ1v) is 22.4. The molecule has 5 bridgehead atoms. The summed E-state index contributed by atoms with van der Waals surface area (Å²) >= 11 is 0. The van der Waals surface area contributed by atoms with E-state index >= 15 is 0 Å². The molecular formula is C48H64N4O12. The first-order chi connectivity index (χ1) is 30.3. The van der Waals surface area contributed by atoms with Crippen LogP contribution in [-0.2, 0) is 23.8 Å². The zero-order valence-electron chi connectivity index (χ0n) is 38.4. The van der Waals surface area contributed by atoms with Crippen LogP contribution in [0.25, 0.3) is 0 Å². The molecular weight excluding hydrogens is 825 g/mol. The zero-order valence-corrected chi connectivity index (χ0v) is 38.4. The van der Waals surface area contributed by atoms with Gasteiger partial charge in [0.2, 0.25) is 5.78 Å². The molecule has 6 aliphatic rings. The number of phenolic OH excluding ortho intramolecular Hbond substituents is 1. The number of aliphatic hydroxyl groups excluding tert-OH is 2. The van der Waals surface area contributed by atoms with E-state index in [0.717, 1.165) is 25.9 Å². The number of carbonyl (C=O) groups is 5. The molecule has 0 spiro atoms.